The first-order valence-corrected chi connectivity index (χ1v) is 33.6. The Morgan fingerprint density at radius 2 is 0.812 bits per heavy atom. The molecule has 3 aliphatic heterocycles. The average molecular weight is 1530 g/mol. The van der Waals surface area contributed by atoms with E-state index >= 15 is 0 Å². The molecule has 3 amide bonds. The summed E-state index contributed by atoms with van der Waals surface area (Å²) in [7, 11) is 0. The molecule has 0 radical (unpaired) electrons. The van der Waals surface area contributed by atoms with E-state index in [1.807, 2.05) is 43.0 Å². The Hall–Kier alpha value is -7.33. The standard InChI is InChI=1S/C23H28N2O5.C21H24N2O5.C16H24N2O3.C7H6O3.3CH4.BBr3/c1-2-29-14-11-17-7-6-12-24-22(17)23(28)25-13-4-3-8-18(25)16-30-21-10-5-9-20(27)19(21)15-26;24-12-9-15-5-4-10-22-20(15)21(27)23-11-2-1-6-16(23)14-28-19-8-3-7-18(26)17(19)13-25;1-2-21-11-8-13-6-5-9-17-15(13)16(20)18-10-4-3-7-14(18)12-19;8-4-5-6(9)2-1-3-7(5)10;;;;2-1(3)4/h5-7,9-10,12,15,18,27H,2-4,8,11,13-14,16H2,1H3;3-5,7-8,10,13,16,24,26H,1-2,6,9,11-12,14H2;5-6,9,14,19H,2-4,7-8,10-12H2,1H3;1-4,9-10H;3*1H4;/t18-;16-;14-;;;;;/m000...../s1. The summed E-state index contributed by atoms with van der Waals surface area (Å²) in [5, 5.41) is 56.2. The van der Waals surface area contributed by atoms with Crippen molar-refractivity contribution in [3.05, 3.63) is 160 Å². The molecule has 6 N–H and O–H groups in total. The highest BCUT2D eigenvalue weighted by atomic mass is 79.9. The van der Waals surface area contributed by atoms with Crippen LogP contribution in [0.2, 0.25) is 0 Å². The maximum atomic E-state index is 13.3. The van der Waals surface area contributed by atoms with E-state index in [-0.39, 0.29) is 127 Å². The lowest BCUT2D eigenvalue weighted by Gasteiger charge is -2.35. The molecule has 0 aliphatic carbocycles. The van der Waals surface area contributed by atoms with Crippen molar-refractivity contribution in [2.75, 3.05) is 72.5 Å². The normalized spacial score (nSPS) is 15.3. The summed E-state index contributed by atoms with van der Waals surface area (Å²) < 4.78 is 22.7. The van der Waals surface area contributed by atoms with E-state index in [0.717, 1.165) is 74.5 Å². The van der Waals surface area contributed by atoms with Gasteiger partial charge in [0, 0.05) is 58.0 Å². The Labute approximate surface area is 589 Å². The monoisotopic (exact) mass is 1520 g/mol. The third kappa shape index (κ3) is 26.3. The molecule has 3 aromatic heterocycles. The summed E-state index contributed by atoms with van der Waals surface area (Å²) in [4.78, 5) is 90.0. The number of hydrogen-bond donors (Lipinski definition) is 6. The second-order valence-corrected chi connectivity index (χ2v) is 27.8. The summed E-state index contributed by atoms with van der Waals surface area (Å²) in [6.07, 6.45) is 16.4. The van der Waals surface area contributed by atoms with Gasteiger partial charge in [-0.2, -0.15) is 0 Å². The third-order valence-corrected chi connectivity index (χ3v) is 15.3. The van der Waals surface area contributed by atoms with E-state index in [9.17, 15) is 49.2 Å². The number of carbonyl (C=O) groups excluding carboxylic acids is 6. The van der Waals surface area contributed by atoms with Gasteiger partial charge in [-0.25, -0.2) is 0 Å². The zero-order valence-corrected chi connectivity index (χ0v) is 57.0. The van der Waals surface area contributed by atoms with Crippen molar-refractivity contribution in [1.82, 2.24) is 29.7 Å². The van der Waals surface area contributed by atoms with Crippen LogP contribution < -0.4 is 9.47 Å². The lowest BCUT2D eigenvalue weighted by atomic mass is 10.0. The van der Waals surface area contributed by atoms with Gasteiger partial charge >= 0.3 is 3.18 Å². The number of aromatic hydroxyl groups is 4. The van der Waals surface area contributed by atoms with Gasteiger partial charge in [0.1, 0.15) is 64.8 Å². The van der Waals surface area contributed by atoms with Crippen LogP contribution in [-0.2, 0) is 28.7 Å². The molecule has 0 spiro atoms. The largest absolute Gasteiger partial charge is 0.507 e. The lowest BCUT2D eigenvalue weighted by Crippen LogP contribution is -2.47. The number of rotatable bonds is 23. The van der Waals surface area contributed by atoms with Crippen molar-refractivity contribution in [2.24, 2.45) is 0 Å². The molecule has 0 saturated carbocycles. The number of amides is 3. The quantitative estimate of drug-likeness (QED) is 0.0197. The number of ether oxygens (including phenoxy) is 4. The maximum absolute atomic E-state index is 13.3. The van der Waals surface area contributed by atoms with Gasteiger partial charge in [-0.15, -0.1) is 47.3 Å². The van der Waals surface area contributed by atoms with E-state index in [4.69, 9.17) is 29.2 Å². The number of benzene rings is 3. The van der Waals surface area contributed by atoms with E-state index in [0.29, 0.717) is 113 Å². The number of aliphatic hydroxyl groups is 2. The topological polar surface area (TPSA) is 309 Å². The predicted molar refractivity (Wildman–Crippen MR) is 383 cm³/mol. The molecule has 6 heterocycles. The van der Waals surface area contributed by atoms with Gasteiger partial charge in [0.15, 0.2) is 18.9 Å². The number of phenols is 4. The zero-order valence-electron chi connectivity index (χ0n) is 52.3. The van der Waals surface area contributed by atoms with Gasteiger partial charge in [0.05, 0.1) is 54.6 Å². The molecule has 26 heteroatoms. The molecule has 0 bridgehead atoms. The van der Waals surface area contributed by atoms with Crippen LogP contribution in [0, 0.1) is 0 Å². The minimum atomic E-state index is -0.199. The van der Waals surface area contributed by atoms with E-state index in [2.05, 4.69) is 62.2 Å². The van der Waals surface area contributed by atoms with Crippen molar-refractivity contribution in [2.45, 2.75) is 131 Å². The fourth-order valence-corrected chi connectivity index (χ4v) is 10.6. The van der Waals surface area contributed by atoms with Gasteiger partial charge in [0.2, 0.25) is 0 Å². The molecule has 3 atom stereocenters. The van der Waals surface area contributed by atoms with Crippen LogP contribution in [0.1, 0.15) is 173 Å². The number of aliphatic hydroxyl groups excluding tert-OH is 2. The van der Waals surface area contributed by atoms with Crippen LogP contribution >= 0.6 is 47.3 Å². The average Bonchev–Trinajstić information content (AvgIpc) is 0.893. The van der Waals surface area contributed by atoms with Crippen LogP contribution in [0.3, 0.4) is 0 Å². The van der Waals surface area contributed by atoms with Gasteiger partial charge in [-0.3, -0.25) is 43.7 Å². The summed E-state index contributed by atoms with van der Waals surface area (Å²) in [6, 6.07) is 24.2. The Kier molecular flexibility index (Phi) is 41.3. The molecule has 3 fully saturated rings. The number of aromatic nitrogens is 3. The lowest BCUT2D eigenvalue weighted by molar-refractivity contribution is 0.0494. The summed E-state index contributed by atoms with van der Waals surface area (Å²) in [6.45, 7) is 8.70. The minimum absolute atomic E-state index is 0. The molecule has 3 saturated heterocycles. The van der Waals surface area contributed by atoms with Crippen molar-refractivity contribution in [1.29, 1.82) is 0 Å². The van der Waals surface area contributed by atoms with Crippen LogP contribution in [-0.4, -0.2) is 191 Å². The number of carbonyl (C=O) groups is 6. The zero-order chi connectivity index (χ0) is 67.5. The first kappa shape index (κ1) is 84.8. The van der Waals surface area contributed by atoms with Crippen LogP contribution in [0.15, 0.2) is 110 Å². The number of aldehydes is 3. The Morgan fingerprint density at radius 3 is 1.14 bits per heavy atom. The maximum Gasteiger partial charge on any atom is 0.369 e. The SMILES string of the molecule is BrB(Br)Br.C.C.C.CCOCCc1cccnc1C(=O)N1CCCC[C@H]1CO.CCOCCc1cccnc1C(=O)N1CCCC[C@H]1COc1cccc(O)c1C=O.O=Cc1c(O)cccc1O.O=Cc1c(O)cccc1OC[C@@H]1CCCCN1C(=O)c1ncccc1CCO. The van der Waals surface area contributed by atoms with E-state index in [1.54, 1.807) is 64.8 Å². The smallest absolute Gasteiger partial charge is 0.369 e. The number of pyridine rings is 3. The second-order valence-electron chi connectivity index (χ2n) is 21.3. The third-order valence-electron chi connectivity index (χ3n) is 15.3. The van der Waals surface area contributed by atoms with Gasteiger partial charge in [0.25, 0.3) is 17.7 Å². The highest BCUT2D eigenvalue weighted by molar-refractivity contribution is 9.69. The van der Waals surface area contributed by atoms with Crippen molar-refractivity contribution >= 4 is 87.0 Å². The number of nitrogens with zero attached hydrogens (tertiary/aromatic N) is 6. The number of halogens is 3. The Morgan fingerprint density at radius 1 is 0.490 bits per heavy atom. The molecule has 9 rings (SSSR count). The number of hydrogen-bond acceptors (Lipinski definition) is 19. The summed E-state index contributed by atoms with van der Waals surface area (Å²) >= 11 is 9.31. The molecular formula is C70H94BBr3N6O16. The minimum Gasteiger partial charge on any atom is -0.507 e. The Balaban J connectivity index is 0.000000442. The first-order valence-electron chi connectivity index (χ1n) is 30.9. The van der Waals surface area contributed by atoms with Crippen LogP contribution in [0.4, 0.5) is 0 Å². The van der Waals surface area contributed by atoms with E-state index in [1.165, 1.54) is 30.3 Å². The van der Waals surface area contributed by atoms with Crippen molar-refractivity contribution in [3.8, 4) is 34.5 Å². The molecule has 0 unspecified atom stereocenters. The highest BCUT2D eigenvalue weighted by Crippen LogP contribution is 2.30. The summed E-state index contributed by atoms with van der Waals surface area (Å²) in [5.74, 6) is -0.390. The van der Waals surface area contributed by atoms with Crippen molar-refractivity contribution in [3.63, 3.8) is 0 Å². The van der Waals surface area contributed by atoms with Gasteiger partial charge in [-0.05, 0) is 162 Å². The molecule has 3 aromatic carbocycles. The molecular weight excluding hydrogens is 1430 g/mol. The van der Waals surface area contributed by atoms with Crippen LogP contribution in [0.25, 0.3) is 0 Å². The Bertz CT molecular complexity index is 3300. The van der Waals surface area contributed by atoms with Crippen molar-refractivity contribution < 1.29 is 78.4 Å². The first-order chi connectivity index (χ1) is 45.1. The van der Waals surface area contributed by atoms with E-state index < -0.39 is 0 Å². The molecule has 6 aromatic rings. The fourth-order valence-electron chi connectivity index (χ4n) is 10.6. The van der Waals surface area contributed by atoms with Crippen LogP contribution in [0.5, 0.6) is 34.5 Å². The number of phenolic OH excluding ortho intramolecular Hbond substituents is 4. The van der Waals surface area contributed by atoms with Gasteiger partial charge in [-0.1, -0.05) is 58.7 Å². The number of likely N-dealkylation sites (tertiary alicyclic amines) is 3. The fraction of sp³-hybridized carbons (Fsp3) is 0.443. The molecule has 22 nitrogen and oxygen atoms in total. The summed E-state index contributed by atoms with van der Waals surface area (Å²) in [5.41, 5.74) is 3.97. The molecule has 96 heavy (non-hydrogen) atoms. The second kappa shape index (κ2) is 46.8. The number of piperidine rings is 3. The highest BCUT2D eigenvalue weighted by Gasteiger charge is 2.33. The molecule has 524 valence electrons. The van der Waals surface area contributed by atoms with Gasteiger partial charge < -0.3 is 64.3 Å². The molecule has 3 aliphatic rings. The predicted octanol–water partition coefficient (Wildman–Crippen LogP) is 12.1.